The second-order valence-electron chi connectivity index (χ2n) is 2.58. The zero-order chi connectivity index (χ0) is 7.99. The molecule has 1 saturated heterocycles. The molecule has 1 fully saturated rings. The molecule has 10 heavy (non-hydrogen) atoms. The van der Waals surface area contributed by atoms with Gasteiger partial charge in [-0.05, 0) is 52.2 Å². The van der Waals surface area contributed by atoms with Crippen LogP contribution >= 0.6 is 45.2 Å². The van der Waals surface area contributed by atoms with Gasteiger partial charge in [0.05, 0.1) is 0 Å². The summed E-state index contributed by atoms with van der Waals surface area (Å²) in [6, 6.07) is 0. The van der Waals surface area contributed by atoms with Crippen molar-refractivity contribution in [2.24, 2.45) is 0 Å². The summed E-state index contributed by atoms with van der Waals surface area (Å²) in [6.07, 6.45) is 0. The topological polar surface area (TPSA) is 3.24 Å². The minimum Gasteiger partial charge on any atom is -0.298 e. The number of hydrogen-bond acceptors (Lipinski definition) is 1. The number of rotatable bonds is 0. The molecule has 0 bridgehead atoms. The molecule has 0 amide bonds. The van der Waals surface area contributed by atoms with E-state index in [1.54, 1.807) is 11.9 Å². The van der Waals surface area contributed by atoms with Gasteiger partial charge in [0.1, 0.15) is 0 Å². The zero-order valence-corrected chi connectivity index (χ0v) is 9.69. The van der Waals surface area contributed by atoms with Crippen LogP contribution in [0.3, 0.4) is 0 Å². The third-order valence-electron chi connectivity index (χ3n) is 1.47. The molecule has 1 aliphatic rings. The number of nitrogens with zero attached hydrogens (tertiary/aromatic N) is 1. The number of likely N-dealkylation sites (tertiary alicyclic amines) is 1. The minimum absolute atomic E-state index is 0.174. The Balaban J connectivity index is 2.78. The number of halogens is 4. The first-order valence-electron chi connectivity index (χ1n) is 2.79. The van der Waals surface area contributed by atoms with E-state index in [4.69, 9.17) is 0 Å². The summed E-state index contributed by atoms with van der Waals surface area (Å²) >= 11 is 3.07. The summed E-state index contributed by atoms with van der Waals surface area (Å²) < 4.78 is 23.0. The Labute approximate surface area is 85.8 Å². The summed E-state index contributed by atoms with van der Waals surface area (Å²) in [4.78, 5) is 1.65. The minimum atomic E-state index is -1.72. The standard InChI is InChI=1S/C5H7F2I2N/c1-10-2-4(6,8)5(7,9)3-10/h2-3H2,1H3. The number of alkyl halides is 4. The molecule has 0 aromatic heterocycles. The van der Waals surface area contributed by atoms with E-state index in [0.717, 1.165) is 0 Å². The highest BCUT2D eigenvalue weighted by Crippen LogP contribution is 2.47. The summed E-state index contributed by atoms with van der Waals surface area (Å²) in [5, 5.41) is 0. The lowest BCUT2D eigenvalue weighted by atomic mass is 10.3. The Morgan fingerprint density at radius 1 is 1.20 bits per heavy atom. The van der Waals surface area contributed by atoms with Crippen LogP contribution in [-0.2, 0) is 0 Å². The third kappa shape index (κ3) is 1.55. The van der Waals surface area contributed by atoms with Crippen LogP contribution in [0.5, 0.6) is 0 Å². The van der Waals surface area contributed by atoms with Crippen LogP contribution in [-0.4, -0.2) is 32.4 Å². The van der Waals surface area contributed by atoms with E-state index in [1.807, 2.05) is 0 Å². The molecule has 0 aromatic rings. The molecule has 0 N–H and O–H groups in total. The molecule has 0 radical (unpaired) electrons. The molecule has 1 nitrogen and oxygen atoms in total. The normalized spacial score (nSPS) is 50.1. The van der Waals surface area contributed by atoms with Gasteiger partial charge < -0.3 is 0 Å². The maximum atomic E-state index is 13.2. The first-order valence-corrected chi connectivity index (χ1v) is 4.95. The fourth-order valence-electron chi connectivity index (χ4n) is 0.965. The second-order valence-corrected chi connectivity index (χ2v) is 6.00. The highest BCUT2D eigenvalue weighted by Gasteiger charge is 2.56. The van der Waals surface area contributed by atoms with E-state index in [0.29, 0.717) is 0 Å². The van der Waals surface area contributed by atoms with Gasteiger partial charge in [0.2, 0.25) is 7.35 Å². The average molecular weight is 373 g/mol. The summed E-state index contributed by atoms with van der Waals surface area (Å²) in [7, 11) is 1.72. The molecule has 1 heterocycles. The van der Waals surface area contributed by atoms with Gasteiger partial charge in [-0.1, -0.05) is 0 Å². The van der Waals surface area contributed by atoms with E-state index in [2.05, 4.69) is 0 Å². The Kier molecular flexibility index (Phi) is 2.48. The molecular weight excluding hydrogens is 366 g/mol. The van der Waals surface area contributed by atoms with Crippen molar-refractivity contribution in [2.75, 3.05) is 20.1 Å². The van der Waals surface area contributed by atoms with Crippen molar-refractivity contribution in [3.8, 4) is 0 Å². The lowest BCUT2D eigenvalue weighted by Crippen LogP contribution is -2.34. The Bertz CT molecular complexity index is 133. The third-order valence-corrected chi connectivity index (χ3v) is 4.90. The smallest absolute Gasteiger partial charge is 0.217 e. The molecule has 2 atom stereocenters. The van der Waals surface area contributed by atoms with Crippen molar-refractivity contribution in [3.05, 3.63) is 0 Å². The van der Waals surface area contributed by atoms with Crippen molar-refractivity contribution >= 4 is 45.2 Å². The Morgan fingerprint density at radius 2 is 1.50 bits per heavy atom. The zero-order valence-electron chi connectivity index (χ0n) is 5.37. The van der Waals surface area contributed by atoms with Crippen LogP contribution in [0.25, 0.3) is 0 Å². The van der Waals surface area contributed by atoms with Gasteiger partial charge in [-0.2, -0.15) is 0 Å². The van der Waals surface area contributed by atoms with E-state index < -0.39 is 7.35 Å². The van der Waals surface area contributed by atoms with E-state index in [9.17, 15) is 8.78 Å². The predicted octanol–water partition coefficient (Wildman–Crippen LogP) is 2.13. The van der Waals surface area contributed by atoms with Crippen molar-refractivity contribution in [1.82, 2.24) is 4.90 Å². The van der Waals surface area contributed by atoms with Crippen molar-refractivity contribution in [2.45, 2.75) is 7.35 Å². The highest BCUT2D eigenvalue weighted by atomic mass is 127. The quantitative estimate of drug-likeness (QED) is 0.465. The Morgan fingerprint density at radius 3 is 1.60 bits per heavy atom. The molecular formula is C5H7F2I2N. The Hall–Kier alpha value is 1.28. The summed E-state index contributed by atoms with van der Waals surface area (Å²) in [5.41, 5.74) is 0. The van der Waals surface area contributed by atoms with Gasteiger partial charge in [-0.25, -0.2) is 8.78 Å². The first kappa shape index (κ1) is 9.37. The molecule has 2 unspecified atom stereocenters. The van der Waals surface area contributed by atoms with Crippen LogP contribution in [0.4, 0.5) is 8.78 Å². The fraction of sp³-hybridized carbons (Fsp3) is 1.00. The van der Waals surface area contributed by atoms with Crippen LogP contribution in [0.1, 0.15) is 0 Å². The lowest BCUT2D eigenvalue weighted by molar-refractivity contribution is 0.186. The van der Waals surface area contributed by atoms with Gasteiger partial charge >= 0.3 is 0 Å². The molecule has 60 valence electrons. The monoisotopic (exact) mass is 373 g/mol. The molecule has 0 saturated carbocycles. The average Bonchev–Trinajstić information content (AvgIpc) is 1.73. The second kappa shape index (κ2) is 2.65. The molecule has 5 heteroatoms. The summed E-state index contributed by atoms with van der Waals surface area (Å²) in [6.45, 7) is 0.347. The van der Waals surface area contributed by atoms with E-state index >= 15 is 0 Å². The highest BCUT2D eigenvalue weighted by molar-refractivity contribution is 14.1. The largest absolute Gasteiger partial charge is 0.298 e. The van der Waals surface area contributed by atoms with Gasteiger partial charge in [0, 0.05) is 13.1 Å². The molecule has 0 aliphatic carbocycles. The molecule has 0 spiro atoms. The SMILES string of the molecule is CN1CC(F)(I)C(F)(I)C1. The van der Waals surface area contributed by atoms with Crippen molar-refractivity contribution in [3.63, 3.8) is 0 Å². The van der Waals surface area contributed by atoms with Crippen LogP contribution < -0.4 is 0 Å². The van der Waals surface area contributed by atoms with Gasteiger partial charge in [0.25, 0.3) is 0 Å². The van der Waals surface area contributed by atoms with Crippen molar-refractivity contribution in [1.29, 1.82) is 0 Å². The molecule has 1 rings (SSSR count). The van der Waals surface area contributed by atoms with Crippen molar-refractivity contribution < 1.29 is 8.78 Å². The molecule has 0 aromatic carbocycles. The van der Waals surface area contributed by atoms with Gasteiger partial charge in [-0.15, -0.1) is 0 Å². The van der Waals surface area contributed by atoms with Crippen LogP contribution in [0.15, 0.2) is 0 Å². The maximum Gasteiger partial charge on any atom is 0.217 e. The van der Waals surface area contributed by atoms with E-state index in [-0.39, 0.29) is 13.1 Å². The predicted molar refractivity (Wildman–Crippen MR) is 53.2 cm³/mol. The lowest BCUT2D eigenvalue weighted by Gasteiger charge is -2.20. The summed E-state index contributed by atoms with van der Waals surface area (Å²) in [5.74, 6) is 0. The fourth-order valence-corrected chi connectivity index (χ4v) is 2.47. The van der Waals surface area contributed by atoms with Gasteiger partial charge in [0.15, 0.2) is 0 Å². The number of hydrogen-bond donors (Lipinski definition) is 0. The maximum absolute atomic E-state index is 13.2. The first-order chi connectivity index (χ1) is 4.35. The van der Waals surface area contributed by atoms with Crippen LogP contribution in [0.2, 0.25) is 0 Å². The molecule has 1 aliphatic heterocycles. The van der Waals surface area contributed by atoms with Crippen LogP contribution in [0, 0.1) is 0 Å². The van der Waals surface area contributed by atoms with E-state index in [1.165, 1.54) is 45.2 Å². The van der Waals surface area contributed by atoms with Gasteiger partial charge in [-0.3, -0.25) is 4.90 Å².